The van der Waals surface area contributed by atoms with Crippen LogP contribution in [0.3, 0.4) is 0 Å². The van der Waals surface area contributed by atoms with Gasteiger partial charge in [-0.3, -0.25) is 4.18 Å². The summed E-state index contributed by atoms with van der Waals surface area (Å²) >= 11 is 0. The molecule has 8 nitrogen and oxygen atoms in total. The van der Waals surface area contributed by atoms with Crippen LogP contribution in [-0.4, -0.2) is 67.2 Å². The number of oxime groups is 1. The van der Waals surface area contributed by atoms with Crippen molar-refractivity contribution in [3.8, 4) is 0 Å². The van der Waals surface area contributed by atoms with Gasteiger partial charge in [-0.15, -0.1) is 0 Å². The van der Waals surface area contributed by atoms with Crippen molar-refractivity contribution in [3.63, 3.8) is 0 Å². The smallest absolute Gasteiger partial charge is 0.264 e. The van der Waals surface area contributed by atoms with E-state index in [0.29, 0.717) is 0 Å². The number of aliphatic hydroxyl groups excluding tert-OH is 1. The minimum atomic E-state index is -3.75. The maximum atomic E-state index is 10.9. The molecule has 0 heterocycles. The van der Waals surface area contributed by atoms with Gasteiger partial charge in [-0.25, -0.2) is 0 Å². The van der Waals surface area contributed by atoms with E-state index in [9.17, 15) is 23.7 Å². The Morgan fingerprint density at radius 1 is 1.37 bits per heavy atom. The molecule has 9 heteroatoms. The van der Waals surface area contributed by atoms with Crippen LogP contribution in [0.15, 0.2) is 5.16 Å². The zero-order valence-corrected chi connectivity index (χ0v) is 12.0. The third-order valence-electron chi connectivity index (χ3n) is 3.69. The second-order valence-electron chi connectivity index (χ2n) is 5.08. The van der Waals surface area contributed by atoms with Crippen LogP contribution in [0.2, 0.25) is 0 Å². The van der Waals surface area contributed by atoms with E-state index in [1.807, 2.05) is 0 Å². The van der Waals surface area contributed by atoms with Crippen molar-refractivity contribution >= 4 is 16.3 Å². The molecular formula is C10H19NO7S. The molecule has 1 saturated carbocycles. The summed E-state index contributed by atoms with van der Waals surface area (Å²) in [6.07, 6.45) is 0.183. The molecule has 0 aromatic heterocycles. The number of rotatable bonds is 6. The van der Waals surface area contributed by atoms with E-state index in [4.69, 9.17) is 0 Å². The van der Waals surface area contributed by atoms with Gasteiger partial charge in [0.05, 0.1) is 19.1 Å². The standard InChI is InChI=1S/C10H19NO7S/c1-8(2)9(13,6-11-17-3)10(8,14)7(12)5-18-19(4,15)16/h6-7,12-14H,5H2,1-4H3/t7-,9+,10+/m1/s1. The molecule has 1 aliphatic rings. The zero-order valence-electron chi connectivity index (χ0n) is 11.2. The molecule has 0 amide bonds. The lowest BCUT2D eigenvalue weighted by atomic mass is 10.0. The molecule has 0 aromatic rings. The summed E-state index contributed by atoms with van der Waals surface area (Å²) in [5.41, 5.74) is -4.95. The van der Waals surface area contributed by atoms with Crippen molar-refractivity contribution in [1.82, 2.24) is 0 Å². The van der Waals surface area contributed by atoms with E-state index in [1.54, 1.807) is 0 Å². The van der Waals surface area contributed by atoms with Crippen LogP contribution in [0, 0.1) is 5.41 Å². The summed E-state index contributed by atoms with van der Waals surface area (Å²) in [6.45, 7) is 2.33. The van der Waals surface area contributed by atoms with E-state index >= 15 is 0 Å². The van der Waals surface area contributed by atoms with Crippen molar-refractivity contribution in [1.29, 1.82) is 0 Å². The Labute approximate surface area is 111 Å². The molecule has 1 rings (SSSR count). The summed E-state index contributed by atoms with van der Waals surface area (Å²) in [4.78, 5) is 4.43. The minimum absolute atomic E-state index is 0.665. The summed E-state index contributed by atoms with van der Waals surface area (Å²) < 4.78 is 26.1. The Bertz CT molecular complexity index is 474. The van der Waals surface area contributed by atoms with Crippen LogP contribution in [0.5, 0.6) is 0 Å². The maximum Gasteiger partial charge on any atom is 0.264 e. The molecule has 0 radical (unpaired) electrons. The molecule has 3 atom stereocenters. The van der Waals surface area contributed by atoms with E-state index in [1.165, 1.54) is 21.0 Å². The zero-order chi connectivity index (χ0) is 15.1. The van der Waals surface area contributed by atoms with E-state index in [-0.39, 0.29) is 0 Å². The molecule has 0 unspecified atom stereocenters. The molecule has 0 bridgehead atoms. The van der Waals surface area contributed by atoms with Gasteiger partial charge >= 0.3 is 0 Å². The first-order valence-corrected chi connectivity index (χ1v) is 7.30. The average Bonchev–Trinajstić information content (AvgIpc) is 2.63. The van der Waals surface area contributed by atoms with Gasteiger partial charge < -0.3 is 20.2 Å². The van der Waals surface area contributed by atoms with Crippen molar-refractivity contribution in [2.24, 2.45) is 10.6 Å². The van der Waals surface area contributed by atoms with Crippen molar-refractivity contribution in [2.75, 3.05) is 20.0 Å². The third-order valence-corrected chi connectivity index (χ3v) is 4.26. The highest BCUT2D eigenvalue weighted by Gasteiger charge is 2.85. The lowest BCUT2D eigenvalue weighted by Gasteiger charge is -2.20. The predicted molar refractivity (Wildman–Crippen MR) is 66.0 cm³/mol. The van der Waals surface area contributed by atoms with Crippen molar-refractivity contribution in [3.05, 3.63) is 0 Å². The highest BCUT2D eigenvalue weighted by atomic mass is 32.2. The Balaban J connectivity index is 2.90. The maximum absolute atomic E-state index is 10.9. The fraction of sp³-hybridized carbons (Fsp3) is 0.900. The lowest BCUT2D eigenvalue weighted by Crippen LogP contribution is -2.42. The molecule has 1 fully saturated rings. The Kier molecular flexibility index (Phi) is 4.01. The Morgan fingerprint density at radius 2 is 1.89 bits per heavy atom. The van der Waals surface area contributed by atoms with E-state index < -0.39 is 39.4 Å². The molecule has 0 aliphatic heterocycles. The minimum Gasteiger partial charge on any atom is -0.399 e. The first kappa shape index (κ1) is 16.3. The number of nitrogens with zero attached hydrogens (tertiary/aromatic N) is 1. The molecule has 0 spiro atoms. The third kappa shape index (κ3) is 2.36. The van der Waals surface area contributed by atoms with Crippen LogP contribution in [0.25, 0.3) is 0 Å². The first-order chi connectivity index (χ1) is 8.44. The Morgan fingerprint density at radius 3 is 2.32 bits per heavy atom. The summed E-state index contributed by atoms with van der Waals surface area (Å²) in [5.74, 6) is 0. The Hall–Kier alpha value is -0.740. The fourth-order valence-electron chi connectivity index (χ4n) is 2.26. The van der Waals surface area contributed by atoms with Crippen LogP contribution < -0.4 is 0 Å². The molecular weight excluding hydrogens is 278 g/mol. The summed E-state index contributed by atoms with van der Waals surface area (Å²) in [6, 6.07) is 0. The second kappa shape index (κ2) is 4.67. The van der Waals surface area contributed by atoms with Crippen LogP contribution >= 0.6 is 0 Å². The van der Waals surface area contributed by atoms with Gasteiger partial charge in [0.1, 0.15) is 24.4 Å². The van der Waals surface area contributed by atoms with Gasteiger partial charge in [0.2, 0.25) is 0 Å². The molecule has 0 aromatic carbocycles. The fourth-order valence-corrected chi connectivity index (χ4v) is 2.64. The van der Waals surface area contributed by atoms with Gasteiger partial charge in [-0.1, -0.05) is 19.0 Å². The highest BCUT2D eigenvalue weighted by Crippen LogP contribution is 2.65. The topological polar surface area (TPSA) is 126 Å². The van der Waals surface area contributed by atoms with Gasteiger partial charge in [0, 0.05) is 5.41 Å². The lowest BCUT2D eigenvalue weighted by molar-refractivity contribution is -0.0657. The number of hydrogen-bond donors (Lipinski definition) is 3. The molecule has 1 aliphatic carbocycles. The van der Waals surface area contributed by atoms with Crippen molar-refractivity contribution < 1.29 is 32.8 Å². The normalized spacial score (nSPS) is 35.3. The quantitative estimate of drug-likeness (QED) is 0.308. The molecule has 3 N–H and O–H groups in total. The first-order valence-electron chi connectivity index (χ1n) is 5.49. The predicted octanol–water partition coefficient (Wildman–Crippen LogP) is -1.54. The van der Waals surface area contributed by atoms with E-state index in [2.05, 4.69) is 14.2 Å². The summed E-state index contributed by atoms with van der Waals surface area (Å²) in [7, 11) is -2.49. The van der Waals surface area contributed by atoms with Crippen LogP contribution in [-0.2, 0) is 19.1 Å². The van der Waals surface area contributed by atoms with Gasteiger partial charge in [-0.05, 0) is 0 Å². The van der Waals surface area contributed by atoms with Gasteiger partial charge in [-0.2, -0.15) is 8.42 Å². The monoisotopic (exact) mass is 297 g/mol. The molecule has 112 valence electrons. The van der Waals surface area contributed by atoms with Crippen LogP contribution in [0.1, 0.15) is 13.8 Å². The van der Waals surface area contributed by atoms with E-state index in [0.717, 1.165) is 12.5 Å². The number of hydrogen-bond acceptors (Lipinski definition) is 8. The van der Waals surface area contributed by atoms with Gasteiger partial charge in [0.15, 0.2) is 0 Å². The average molecular weight is 297 g/mol. The molecule has 0 saturated heterocycles. The van der Waals surface area contributed by atoms with Gasteiger partial charge in [0.25, 0.3) is 10.1 Å². The summed E-state index contributed by atoms with van der Waals surface area (Å²) in [5, 5.41) is 33.9. The number of aliphatic hydroxyl groups is 3. The molecule has 19 heavy (non-hydrogen) atoms. The highest BCUT2D eigenvalue weighted by molar-refractivity contribution is 7.85. The largest absolute Gasteiger partial charge is 0.399 e. The van der Waals surface area contributed by atoms with Crippen LogP contribution in [0.4, 0.5) is 0 Å². The SMILES string of the molecule is CON=C[C@]1(O)C(C)(C)[C@@]1(O)[C@H](O)COS(C)(=O)=O. The second-order valence-corrected chi connectivity index (χ2v) is 6.72. The van der Waals surface area contributed by atoms with Crippen molar-refractivity contribution in [2.45, 2.75) is 31.2 Å².